The van der Waals surface area contributed by atoms with Gasteiger partial charge in [0.25, 0.3) is 0 Å². The Balaban J connectivity index is 1.30. The molecule has 126 valence electrons. The van der Waals surface area contributed by atoms with E-state index in [4.69, 9.17) is 4.74 Å². The molecule has 5 heteroatoms. The predicted octanol–water partition coefficient (Wildman–Crippen LogP) is 2.46. The third-order valence-corrected chi connectivity index (χ3v) is 5.07. The average molecular weight is 324 g/mol. The van der Waals surface area contributed by atoms with Crippen LogP contribution in [0.15, 0.2) is 48.8 Å². The first kappa shape index (κ1) is 15.4. The minimum Gasteiger partial charge on any atom is -0.493 e. The molecule has 0 aliphatic carbocycles. The largest absolute Gasteiger partial charge is 0.493 e. The molecule has 2 atom stereocenters. The highest BCUT2D eigenvalue weighted by molar-refractivity contribution is 5.30. The van der Waals surface area contributed by atoms with Gasteiger partial charge in [-0.05, 0) is 31.0 Å². The summed E-state index contributed by atoms with van der Waals surface area (Å²) in [4.78, 5) is 13.7. The molecule has 0 amide bonds. The van der Waals surface area contributed by atoms with Gasteiger partial charge >= 0.3 is 0 Å². The normalized spacial score (nSPS) is 24.4. The lowest BCUT2D eigenvalue weighted by Gasteiger charge is -2.46. The number of rotatable bonds is 4. The standard InChI is InChI=1S/C19H24N4O/c1-2-5-18(6-3-1)24-15-16-7-8-17-14-23(12-11-22(17)13-16)19-20-9-4-10-21-19/h1-6,9-10,16-17H,7-8,11-15H2/t16?,17-/m0/s1. The van der Waals surface area contributed by atoms with Gasteiger partial charge in [0.1, 0.15) is 5.75 Å². The van der Waals surface area contributed by atoms with Gasteiger partial charge in [-0.15, -0.1) is 0 Å². The van der Waals surface area contributed by atoms with Crippen LogP contribution in [0.5, 0.6) is 5.75 Å². The number of piperazine rings is 1. The second kappa shape index (κ2) is 7.18. The van der Waals surface area contributed by atoms with Crippen LogP contribution < -0.4 is 9.64 Å². The van der Waals surface area contributed by atoms with Crippen LogP contribution in [-0.2, 0) is 0 Å². The Kier molecular flexibility index (Phi) is 4.60. The molecule has 0 N–H and O–H groups in total. The van der Waals surface area contributed by atoms with E-state index in [1.165, 1.54) is 12.8 Å². The maximum absolute atomic E-state index is 5.96. The Morgan fingerprint density at radius 3 is 2.62 bits per heavy atom. The molecule has 0 radical (unpaired) electrons. The molecule has 3 heterocycles. The van der Waals surface area contributed by atoms with Gasteiger partial charge in [0, 0.05) is 50.5 Å². The number of hydrogen-bond acceptors (Lipinski definition) is 5. The van der Waals surface area contributed by atoms with E-state index in [0.717, 1.165) is 44.5 Å². The Morgan fingerprint density at radius 2 is 1.79 bits per heavy atom. The molecule has 4 rings (SSSR count). The van der Waals surface area contributed by atoms with Crippen LogP contribution in [0.1, 0.15) is 12.8 Å². The summed E-state index contributed by atoms with van der Waals surface area (Å²) in [6, 6.07) is 12.6. The number of ether oxygens (including phenoxy) is 1. The second-order valence-electron chi connectivity index (χ2n) is 6.71. The Hall–Kier alpha value is -2.14. The smallest absolute Gasteiger partial charge is 0.225 e. The summed E-state index contributed by atoms with van der Waals surface area (Å²) in [6.07, 6.45) is 6.11. The van der Waals surface area contributed by atoms with Crippen LogP contribution in [0, 0.1) is 5.92 Å². The molecule has 2 saturated heterocycles. The lowest BCUT2D eigenvalue weighted by Crippen LogP contribution is -2.57. The van der Waals surface area contributed by atoms with Crippen LogP contribution in [0.4, 0.5) is 5.95 Å². The van der Waals surface area contributed by atoms with Gasteiger partial charge in [-0.3, -0.25) is 4.90 Å². The summed E-state index contributed by atoms with van der Waals surface area (Å²) in [6.45, 7) is 5.09. The van der Waals surface area contributed by atoms with Gasteiger partial charge in [0.2, 0.25) is 5.95 Å². The van der Waals surface area contributed by atoms with E-state index < -0.39 is 0 Å². The van der Waals surface area contributed by atoms with Crippen molar-refractivity contribution in [2.45, 2.75) is 18.9 Å². The molecule has 5 nitrogen and oxygen atoms in total. The summed E-state index contributed by atoms with van der Waals surface area (Å²) in [5, 5.41) is 0. The number of aromatic nitrogens is 2. The number of benzene rings is 1. The zero-order valence-electron chi connectivity index (χ0n) is 13.9. The van der Waals surface area contributed by atoms with E-state index in [1.807, 2.05) is 48.8 Å². The molecule has 0 bridgehead atoms. The molecule has 1 unspecified atom stereocenters. The van der Waals surface area contributed by atoms with Crippen LogP contribution in [0.2, 0.25) is 0 Å². The first-order valence-electron chi connectivity index (χ1n) is 8.82. The molecule has 2 fully saturated rings. The summed E-state index contributed by atoms with van der Waals surface area (Å²) >= 11 is 0. The van der Waals surface area contributed by atoms with Crippen molar-refractivity contribution >= 4 is 5.95 Å². The fourth-order valence-electron chi connectivity index (χ4n) is 3.76. The fourth-order valence-corrected chi connectivity index (χ4v) is 3.76. The van der Waals surface area contributed by atoms with Crippen molar-refractivity contribution in [1.29, 1.82) is 0 Å². The fraction of sp³-hybridized carbons (Fsp3) is 0.474. The van der Waals surface area contributed by atoms with E-state index in [2.05, 4.69) is 19.8 Å². The lowest BCUT2D eigenvalue weighted by molar-refractivity contribution is 0.0725. The number of anilines is 1. The number of para-hydroxylation sites is 1. The van der Waals surface area contributed by atoms with Gasteiger partial charge < -0.3 is 9.64 Å². The number of fused-ring (bicyclic) bond motifs is 1. The SMILES string of the molecule is c1ccc(OCC2CC[C@H]3CN(c4ncccn4)CCN3C2)cc1. The topological polar surface area (TPSA) is 41.5 Å². The van der Waals surface area contributed by atoms with Crippen molar-refractivity contribution in [1.82, 2.24) is 14.9 Å². The number of nitrogens with zero attached hydrogens (tertiary/aromatic N) is 4. The van der Waals surface area contributed by atoms with E-state index in [9.17, 15) is 0 Å². The van der Waals surface area contributed by atoms with Crippen LogP contribution in [0.3, 0.4) is 0 Å². The van der Waals surface area contributed by atoms with Crippen molar-refractivity contribution in [3.63, 3.8) is 0 Å². The van der Waals surface area contributed by atoms with Gasteiger partial charge in [-0.1, -0.05) is 18.2 Å². The predicted molar refractivity (Wildman–Crippen MR) is 94.3 cm³/mol. The van der Waals surface area contributed by atoms with Crippen molar-refractivity contribution in [2.75, 3.05) is 37.7 Å². The van der Waals surface area contributed by atoms with Gasteiger partial charge in [-0.25, -0.2) is 9.97 Å². The Bertz CT molecular complexity index is 636. The minimum atomic E-state index is 0.621. The highest BCUT2D eigenvalue weighted by Gasteiger charge is 2.33. The maximum atomic E-state index is 5.96. The number of hydrogen-bond donors (Lipinski definition) is 0. The molecule has 0 spiro atoms. The Labute approximate surface area is 143 Å². The zero-order valence-corrected chi connectivity index (χ0v) is 13.9. The molecule has 2 aromatic rings. The quantitative estimate of drug-likeness (QED) is 0.864. The van der Waals surface area contributed by atoms with E-state index in [-0.39, 0.29) is 0 Å². The molecule has 24 heavy (non-hydrogen) atoms. The van der Waals surface area contributed by atoms with E-state index in [1.54, 1.807) is 0 Å². The van der Waals surface area contributed by atoms with Crippen molar-refractivity contribution in [3.8, 4) is 5.75 Å². The lowest BCUT2D eigenvalue weighted by atomic mass is 9.91. The zero-order chi connectivity index (χ0) is 16.2. The van der Waals surface area contributed by atoms with E-state index >= 15 is 0 Å². The molecule has 1 aromatic heterocycles. The first-order valence-corrected chi connectivity index (χ1v) is 8.82. The summed E-state index contributed by atoms with van der Waals surface area (Å²) in [7, 11) is 0. The first-order chi connectivity index (χ1) is 11.9. The highest BCUT2D eigenvalue weighted by atomic mass is 16.5. The highest BCUT2D eigenvalue weighted by Crippen LogP contribution is 2.27. The van der Waals surface area contributed by atoms with Crippen LogP contribution in [0.25, 0.3) is 0 Å². The second-order valence-corrected chi connectivity index (χ2v) is 6.71. The molecular weight excluding hydrogens is 300 g/mol. The van der Waals surface area contributed by atoms with Crippen molar-refractivity contribution in [3.05, 3.63) is 48.8 Å². The number of piperidine rings is 1. The van der Waals surface area contributed by atoms with Gasteiger partial charge in [0.05, 0.1) is 6.61 Å². The third kappa shape index (κ3) is 3.51. The minimum absolute atomic E-state index is 0.621. The molecule has 1 aromatic carbocycles. The van der Waals surface area contributed by atoms with Crippen molar-refractivity contribution in [2.24, 2.45) is 5.92 Å². The molecule has 0 saturated carbocycles. The third-order valence-electron chi connectivity index (χ3n) is 5.07. The summed E-state index contributed by atoms with van der Waals surface area (Å²) in [5.74, 6) is 2.47. The Morgan fingerprint density at radius 1 is 0.958 bits per heavy atom. The van der Waals surface area contributed by atoms with Gasteiger partial charge in [0.15, 0.2) is 0 Å². The van der Waals surface area contributed by atoms with Gasteiger partial charge in [-0.2, -0.15) is 0 Å². The average Bonchev–Trinajstić information content (AvgIpc) is 2.67. The summed E-state index contributed by atoms with van der Waals surface area (Å²) in [5.41, 5.74) is 0. The monoisotopic (exact) mass is 324 g/mol. The molecule has 2 aliphatic heterocycles. The van der Waals surface area contributed by atoms with Crippen LogP contribution in [-0.4, -0.2) is 53.7 Å². The molecule has 2 aliphatic rings. The molecular formula is C19H24N4O. The maximum Gasteiger partial charge on any atom is 0.225 e. The summed E-state index contributed by atoms with van der Waals surface area (Å²) < 4.78 is 5.96. The van der Waals surface area contributed by atoms with Crippen molar-refractivity contribution < 1.29 is 4.74 Å². The van der Waals surface area contributed by atoms with E-state index in [0.29, 0.717) is 12.0 Å². The van der Waals surface area contributed by atoms with Crippen LogP contribution >= 0.6 is 0 Å².